The molecule has 0 saturated heterocycles. The summed E-state index contributed by atoms with van der Waals surface area (Å²) >= 11 is 6.00. The quantitative estimate of drug-likeness (QED) is 0.740. The minimum absolute atomic E-state index is 0.285. The summed E-state index contributed by atoms with van der Waals surface area (Å²) in [6, 6.07) is 7.04. The van der Waals surface area contributed by atoms with Gasteiger partial charge in [0.15, 0.2) is 0 Å². The molecule has 25 heavy (non-hydrogen) atoms. The van der Waals surface area contributed by atoms with E-state index in [1.54, 1.807) is 18.2 Å². The van der Waals surface area contributed by atoms with Crippen molar-refractivity contribution in [2.45, 2.75) is 20.3 Å². The van der Waals surface area contributed by atoms with Crippen molar-refractivity contribution in [1.82, 2.24) is 14.9 Å². The van der Waals surface area contributed by atoms with Crippen LogP contribution in [0.3, 0.4) is 0 Å². The summed E-state index contributed by atoms with van der Waals surface area (Å²) in [4.78, 5) is 23.3. The average Bonchev–Trinajstić information content (AvgIpc) is 2.54. The van der Waals surface area contributed by atoms with Gasteiger partial charge in [-0.1, -0.05) is 17.7 Å². The monoisotopic (exact) mass is 361 g/mol. The minimum Gasteiger partial charge on any atom is -0.354 e. The Morgan fingerprint density at radius 3 is 2.68 bits per heavy atom. The van der Waals surface area contributed by atoms with Gasteiger partial charge in [-0.2, -0.15) is 0 Å². The number of anilines is 2. The van der Waals surface area contributed by atoms with E-state index in [1.165, 1.54) is 0 Å². The molecule has 6 nitrogen and oxygen atoms in total. The first-order chi connectivity index (χ1) is 11.8. The first kappa shape index (κ1) is 19.1. The van der Waals surface area contributed by atoms with Gasteiger partial charge < -0.3 is 15.5 Å². The van der Waals surface area contributed by atoms with Crippen molar-refractivity contribution in [1.29, 1.82) is 0 Å². The van der Waals surface area contributed by atoms with Crippen LogP contribution in [-0.4, -0.2) is 48.0 Å². The number of benzene rings is 1. The van der Waals surface area contributed by atoms with Gasteiger partial charge in [0.1, 0.15) is 5.69 Å². The van der Waals surface area contributed by atoms with E-state index in [0.717, 1.165) is 30.8 Å². The van der Waals surface area contributed by atoms with Crippen LogP contribution in [0.2, 0.25) is 5.02 Å². The van der Waals surface area contributed by atoms with Gasteiger partial charge >= 0.3 is 0 Å². The highest BCUT2D eigenvalue weighted by molar-refractivity contribution is 6.31. The first-order valence-electron chi connectivity index (χ1n) is 8.17. The highest BCUT2D eigenvalue weighted by Gasteiger charge is 2.12. The third-order valence-corrected chi connectivity index (χ3v) is 3.83. The second kappa shape index (κ2) is 8.78. The van der Waals surface area contributed by atoms with Crippen LogP contribution in [0.25, 0.3) is 0 Å². The summed E-state index contributed by atoms with van der Waals surface area (Å²) in [6.07, 6.45) is 0.966. The Morgan fingerprint density at radius 2 is 1.96 bits per heavy atom. The molecule has 0 saturated carbocycles. The van der Waals surface area contributed by atoms with E-state index in [9.17, 15) is 4.79 Å². The molecule has 2 aromatic rings. The number of aromatic nitrogens is 2. The molecule has 0 aliphatic rings. The molecule has 0 spiro atoms. The molecule has 0 atom stereocenters. The van der Waals surface area contributed by atoms with Gasteiger partial charge in [-0.3, -0.25) is 4.79 Å². The van der Waals surface area contributed by atoms with Crippen LogP contribution >= 0.6 is 11.6 Å². The van der Waals surface area contributed by atoms with Gasteiger partial charge in [0.25, 0.3) is 5.91 Å². The third-order valence-electron chi connectivity index (χ3n) is 3.60. The number of aryl methyl sites for hydroxylation is 2. The molecule has 0 radical (unpaired) electrons. The van der Waals surface area contributed by atoms with Crippen molar-refractivity contribution in [2.24, 2.45) is 0 Å². The van der Waals surface area contributed by atoms with Gasteiger partial charge in [0.05, 0.1) is 0 Å². The molecule has 2 N–H and O–H groups in total. The van der Waals surface area contributed by atoms with Crippen molar-refractivity contribution in [3.05, 3.63) is 46.2 Å². The number of carbonyl (C=O) groups is 1. The molecular formula is C18H24ClN5O. The molecule has 0 bridgehead atoms. The van der Waals surface area contributed by atoms with E-state index >= 15 is 0 Å². The summed E-state index contributed by atoms with van der Waals surface area (Å²) < 4.78 is 0. The molecule has 1 heterocycles. The number of amides is 1. The van der Waals surface area contributed by atoms with Gasteiger partial charge in [-0.25, -0.2) is 9.97 Å². The van der Waals surface area contributed by atoms with Gasteiger partial charge in [0, 0.05) is 22.9 Å². The number of rotatable bonds is 7. The zero-order valence-corrected chi connectivity index (χ0v) is 15.8. The summed E-state index contributed by atoms with van der Waals surface area (Å²) in [7, 11) is 4.06. The average molecular weight is 362 g/mol. The highest BCUT2D eigenvalue weighted by atomic mass is 35.5. The van der Waals surface area contributed by atoms with Crippen LogP contribution in [0.1, 0.15) is 28.2 Å². The van der Waals surface area contributed by atoms with Crippen molar-refractivity contribution in [2.75, 3.05) is 37.8 Å². The number of carbonyl (C=O) groups excluding carboxylic acids is 1. The minimum atomic E-state index is -0.285. The molecule has 0 fully saturated rings. The van der Waals surface area contributed by atoms with Crippen molar-refractivity contribution in [3.8, 4) is 0 Å². The molecule has 134 valence electrons. The lowest BCUT2D eigenvalue weighted by Crippen LogP contribution is -2.19. The molecule has 1 amide bonds. The molecule has 0 aliphatic carbocycles. The zero-order chi connectivity index (χ0) is 18.4. The fourth-order valence-corrected chi connectivity index (χ4v) is 2.45. The van der Waals surface area contributed by atoms with Crippen LogP contribution < -0.4 is 10.6 Å². The molecule has 7 heteroatoms. The maximum absolute atomic E-state index is 12.5. The summed E-state index contributed by atoms with van der Waals surface area (Å²) in [6.45, 7) is 5.47. The predicted molar refractivity (Wildman–Crippen MR) is 103 cm³/mol. The lowest BCUT2D eigenvalue weighted by Gasteiger charge is -2.12. The van der Waals surface area contributed by atoms with Crippen molar-refractivity contribution in [3.63, 3.8) is 0 Å². The van der Waals surface area contributed by atoms with Gasteiger partial charge in [-0.15, -0.1) is 0 Å². The largest absolute Gasteiger partial charge is 0.354 e. The predicted octanol–water partition coefficient (Wildman–Crippen LogP) is 3.36. The number of halogens is 1. The van der Waals surface area contributed by atoms with E-state index in [1.807, 2.05) is 34.0 Å². The number of nitrogens with one attached hydrogen (secondary N) is 2. The third kappa shape index (κ3) is 5.99. The zero-order valence-electron chi connectivity index (χ0n) is 15.1. The molecule has 1 aromatic carbocycles. The number of nitrogens with zero attached hydrogens (tertiary/aromatic N) is 3. The molecular weight excluding hydrogens is 338 g/mol. The Bertz CT molecular complexity index is 748. The van der Waals surface area contributed by atoms with Gasteiger partial charge in [0.2, 0.25) is 5.95 Å². The maximum Gasteiger partial charge on any atom is 0.274 e. The molecule has 2 rings (SSSR count). The number of hydrogen-bond donors (Lipinski definition) is 2. The maximum atomic E-state index is 12.5. The van der Waals surface area contributed by atoms with Crippen molar-refractivity contribution < 1.29 is 4.79 Å². The molecule has 0 unspecified atom stereocenters. The Labute approximate surface area is 153 Å². The van der Waals surface area contributed by atoms with E-state index in [4.69, 9.17) is 11.6 Å². The van der Waals surface area contributed by atoms with Gasteiger partial charge in [-0.05, 0) is 64.7 Å². The Morgan fingerprint density at radius 1 is 1.20 bits per heavy atom. The van der Waals surface area contributed by atoms with E-state index < -0.39 is 0 Å². The normalized spacial score (nSPS) is 10.8. The lowest BCUT2D eigenvalue weighted by atomic mass is 10.2. The second-order valence-corrected chi connectivity index (χ2v) is 6.65. The van der Waals surface area contributed by atoms with Crippen LogP contribution in [0.15, 0.2) is 24.3 Å². The molecule has 1 aromatic heterocycles. The summed E-state index contributed by atoms with van der Waals surface area (Å²) in [5.41, 5.74) is 2.67. The highest BCUT2D eigenvalue weighted by Crippen LogP contribution is 2.21. The van der Waals surface area contributed by atoms with E-state index in [2.05, 4.69) is 25.5 Å². The Hall–Kier alpha value is -2.18. The van der Waals surface area contributed by atoms with Crippen LogP contribution in [-0.2, 0) is 0 Å². The summed E-state index contributed by atoms with van der Waals surface area (Å²) in [5.74, 6) is 0.180. The van der Waals surface area contributed by atoms with Crippen LogP contribution in [0.5, 0.6) is 0 Å². The van der Waals surface area contributed by atoms with E-state index in [0.29, 0.717) is 22.4 Å². The number of hydrogen-bond acceptors (Lipinski definition) is 5. The second-order valence-electron chi connectivity index (χ2n) is 6.22. The topological polar surface area (TPSA) is 70.2 Å². The van der Waals surface area contributed by atoms with E-state index in [-0.39, 0.29) is 5.91 Å². The lowest BCUT2D eigenvalue weighted by molar-refractivity contribution is 0.102. The summed E-state index contributed by atoms with van der Waals surface area (Å²) in [5, 5.41) is 6.60. The van der Waals surface area contributed by atoms with Crippen molar-refractivity contribution >= 4 is 29.1 Å². The smallest absolute Gasteiger partial charge is 0.274 e. The van der Waals surface area contributed by atoms with Crippen LogP contribution in [0, 0.1) is 13.8 Å². The fourth-order valence-electron chi connectivity index (χ4n) is 2.27. The Balaban J connectivity index is 2.07. The Kier molecular flexibility index (Phi) is 6.73. The standard InChI is InChI=1S/C18H24ClN5O/c1-12-6-7-14(19)11-15(12)22-17(25)16-10-13(2)21-18(23-16)20-8-5-9-24(3)4/h6-7,10-11H,5,8-9H2,1-4H3,(H,22,25)(H,20,21,23). The first-order valence-corrected chi connectivity index (χ1v) is 8.55. The fraction of sp³-hybridized carbons (Fsp3) is 0.389. The van der Waals surface area contributed by atoms with Crippen LogP contribution in [0.4, 0.5) is 11.6 Å². The molecule has 0 aliphatic heterocycles. The SMILES string of the molecule is Cc1cc(C(=O)Nc2cc(Cl)ccc2C)nc(NCCCN(C)C)n1.